The second-order valence-corrected chi connectivity index (χ2v) is 9.09. The molecule has 1 N–H and O–H groups in total. The zero-order valence-electron chi connectivity index (χ0n) is 18.6. The van der Waals surface area contributed by atoms with E-state index in [0.29, 0.717) is 40.5 Å². The first-order valence-corrected chi connectivity index (χ1v) is 12.3. The van der Waals surface area contributed by atoms with E-state index in [1.165, 1.54) is 6.08 Å². The Hall–Kier alpha value is -2.57. The fourth-order valence-electron chi connectivity index (χ4n) is 3.11. The average molecular weight is 555 g/mol. The topological polar surface area (TPSA) is 60.3 Å². The predicted molar refractivity (Wildman–Crippen MR) is 142 cm³/mol. The van der Waals surface area contributed by atoms with Crippen LogP contribution in [0.25, 0.3) is 0 Å². The van der Waals surface area contributed by atoms with Crippen LogP contribution in [0.3, 0.4) is 0 Å². The van der Waals surface area contributed by atoms with Gasteiger partial charge in [-0.1, -0.05) is 81.9 Å². The Balaban J connectivity index is 1.41. The molecule has 0 heterocycles. The molecular formula is C26H23Cl4NO4. The third-order valence-corrected chi connectivity index (χ3v) is 5.66. The average Bonchev–Trinajstić information content (AvgIpc) is 2.84. The normalized spacial score (nSPS) is 11.1. The maximum Gasteiger partial charge on any atom is 0.156 e. The standard InChI is InChI=1S/C26H23Cl4NO4/c27-22-16-21(34-15-12-24(29)30)17-23(28)26(22)35-14-5-4-13-33-20-10-8-19(9-11-20)25(31-32)18-6-2-1-3-7-18/h1-3,6-12,16-17,32H,4-5,13-15H2. The molecule has 0 aliphatic carbocycles. The smallest absolute Gasteiger partial charge is 0.156 e. The lowest BCUT2D eigenvalue weighted by atomic mass is 10.0. The Morgan fingerprint density at radius 1 is 0.771 bits per heavy atom. The minimum absolute atomic E-state index is 0.122. The predicted octanol–water partition coefficient (Wildman–Crippen LogP) is 8.16. The van der Waals surface area contributed by atoms with Crippen molar-refractivity contribution >= 4 is 52.1 Å². The van der Waals surface area contributed by atoms with Gasteiger partial charge in [0.1, 0.15) is 28.3 Å². The summed E-state index contributed by atoms with van der Waals surface area (Å²) in [4.78, 5) is 0. The number of oxime groups is 1. The molecule has 0 unspecified atom stereocenters. The van der Waals surface area contributed by atoms with Crippen LogP contribution in [-0.2, 0) is 0 Å². The first kappa shape index (κ1) is 27.0. The third-order valence-electron chi connectivity index (χ3n) is 4.79. The summed E-state index contributed by atoms with van der Waals surface area (Å²) in [6.07, 6.45) is 3.03. The minimum atomic E-state index is 0.122. The van der Waals surface area contributed by atoms with Gasteiger partial charge in [0.15, 0.2) is 5.75 Å². The van der Waals surface area contributed by atoms with Gasteiger partial charge in [-0.3, -0.25) is 0 Å². The molecule has 0 amide bonds. The Morgan fingerprint density at radius 2 is 1.37 bits per heavy atom. The molecule has 35 heavy (non-hydrogen) atoms. The molecule has 0 bridgehead atoms. The van der Waals surface area contributed by atoms with Gasteiger partial charge in [0.05, 0.1) is 23.3 Å². The van der Waals surface area contributed by atoms with Crippen molar-refractivity contribution in [3.63, 3.8) is 0 Å². The quantitative estimate of drug-likeness (QED) is 0.106. The second-order valence-electron chi connectivity index (χ2n) is 7.26. The summed E-state index contributed by atoms with van der Waals surface area (Å²) in [5, 5.41) is 13.6. The van der Waals surface area contributed by atoms with Crippen molar-refractivity contribution in [2.24, 2.45) is 5.16 Å². The molecule has 0 aliphatic heterocycles. The molecule has 0 atom stereocenters. The highest BCUT2D eigenvalue weighted by atomic mass is 35.5. The zero-order chi connectivity index (χ0) is 25.0. The van der Waals surface area contributed by atoms with Gasteiger partial charge in [0.25, 0.3) is 0 Å². The number of ether oxygens (including phenoxy) is 3. The van der Waals surface area contributed by atoms with Crippen molar-refractivity contribution in [1.29, 1.82) is 0 Å². The van der Waals surface area contributed by atoms with Crippen LogP contribution in [0.4, 0.5) is 0 Å². The lowest BCUT2D eigenvalue weighted by Gasteiger charge is -2.12. The van der Waals surface area contributed by atoms with Crippen LogP contribution in [0.15, 0.2) is 82.5 Å². The third kappa shape index (κ3) is 8.55. The van der Waals surface area contributed by atoms with Gasteiger partial charge in [-0.05, 0) is 43.2 Å². The molecular weight excluding hydrogens is 532 g/mol. The van der Waals surface area contributed by atoms with E-state index in [2.05, 4.69) is 5.16 Å². The molecule has 0 aliphatic rings. The highest BCUT2D eigenvalue weighted by Gasteiger charge is 2.11. The number of nitrogens with zero attached hydrogens (tertiary/aromatic N) is 1. The summed E-state index contributed by atoms with van der Waals surface area (Å²) in [7, 11) is 0. The molecule has 0 saturated carbocycles. The second kappa shape index (κ2) is 14.1. The van der Waals surface area contributed by atoms with Crippen molar-refractivity contribution in [2.45, 2.75) is 12.8 Å². The van der Waals surface area contributed by atoms with Gasteiger partial charge in [0, 0.05) is 23.3 Å². The van der Waals surface area contributed by atoms with Crippen molar-refractivity contribution in [3.8, 4) is 17.2 Å². The molecule has 0 saturated heterocycles. The van der Waals surface area contributed by atoms with Crippen LogP contribution in [0.1, 0.15) is 24.0 Å². The molecule has 0 fully saturated rings. The van der Waals surface area contributed by atoms with Gasteiger partial charge in [-0.25, -0.2) is 0 Å². The van der Waals surface area contributed by atoms with Crippen LogP contribution >= 0.6 is 46.4 Å². The maximum absolute atomic E-state index is 9.42. The molecule has 9 heteroatoms. The number of hydrogen-bond donors (Lipinski definition) is 1. The Labute approximate surface area is 224 Å². The van der Waals surface area contributed by atoms with E-state index in [4.69, 9.17) is 60.6 Å². The summed E-state index contributed by atoms with van der Waals surface area (Å²) >= 11 is 23.7. The maximum atomic E-state index is 9.42. The number of unbranched alkanes of at least 4 members (excludes halogenated alkanes) is 1. The monoisotopic (exact) mass is 553 g/mol. The first-order valence-electron chi connectivity index (χ1n) is 10.7. The van der Waals surface area contributed by atoms with E-state index in [1.807, 2.05) is 54.6 Å². The minimum Gasteiger partial charge on any atom is -0.494 e. The molecule has 3 aromatic carbocycles. The Morgan fingerprint density at radius 3 is 1.97 bits per heavy atom. The van der Waals surface area contributed by atoms with Crippen LogP contribution < -0.4 is 14.2 Å². The summed E-state index contributed by atoms with van der Waals surface area (Å²) in [5.41, 5.74) is 2.13. The van der Waals surface area contributed by atoms with E-state index in [0.717, 1.165) is 29.7 Å². The largest absolute Gasteiger partial charge is 0.494 e. The molecule has 0 aromatic heterocycles. The van der Waals surface area contributed by atoms with Crippen LogP contribution in [0.2, 0.25) is 10.0 Å². The fraction of sp³-hybridized carbons (Fsp3) is 0.192. The lowest BCUT2D eigenvalue weighted by molar-refractivity contribution is 0.266. The molecule has 0 spiro atoms. The molecule has 3 aromatic rings. The summed E-state index contributed by atoms with van der Waals surface area (Å²) < 4.78 is 17.1. The SMILES string of the molecule is ON=C(c1ccccc1)c1ccc(OCCCCOc2c(Cl)cc(OCC=C(Cl)Cl)cc2Cl)cc1. The summed E-state index contributed by atoms with van der Waals surface area (Å²) in [6, 6.07) is 20.1. The molecule has 184 valence electrons. The lowest BCUT2D eigenvalue weighted by Crippen LogP contribution is -2.05. The van der Waals surface area contributed by atoms with Gasteiger partial charge in [-0.15, -0.1) is 0 Å². The van der Waals surface area contributed by atoms with E-state index >= 15 is 0 Å². The first-order chi connectivity index (χ1) is 17.0. The van der Waals surface area contributed by atoms with Crippen molar-refractivity contribution in [1.82, 2.24) is 0 Å². The Kier molecular flexibility index (Phi) is 10.9. The van der Waals surface area contributed by atoms with E-state index in [-0.39, 0.29) is 11.1 Å². The van der Waals surface area contributed by atoms with Gasteiger partial charge in [0.2, 0.25) is 0 Å². The number of benzene rings is 3. The van der Waals surface area contributed by atoms with E-state index < -0.39 is 0 Å². The molecule has 3 rings (SSSR count). The summed E-state index contributed by atoms with van der Waals surface area (Å²) in [6.45, 7) is 1.15. The molecule has 0 radical (unpaired) electrons. The number of hydrogen-bond acceptors (Lipinski definition) is 5. The fourth-order valence-corrected chi connectivity index (χ4v) is 3.82. The van der Waals surface area contributed by atoms with Gasteiger partial charge < -0.3 is 19.4 Å². The zero-order valence-corrected chi connectivity index (χ0v) is 21.6. The van der Waals surface area contributed by atoms with Crippen molar-refractivity contribution in [2.75, 3.05) is 19.8 Å². The molecule has 5 nitrogen and oxygen atoms in total. The van der Waals surface area contributed by atoms with Crippen LogP contribution in [0, 0.1) is 0 Å². The van der Waals surface area contributed by atoms with Crippen molar-refractivity contribution in [3.05, 3.63) is 98.5 Å². The van der Waals surface area contributed by atoms with Crippen molar-refractivity contribution < 1.29 is 19.4 Å². The number of rotatable bonds is 12. The van der Waals surface area contributed by atoms with Crippen LogP contribution in [0.5, 0.6) is 17.2 Å². The van der Waals surface area contributed by atoms with E-state index in [1.54, 1.807) is 12.1 Å². The van der Waals surface area contributed by atoms with E-state index in [9.17, 15) is 5.21 Å². The van der Waals surface area contributed by atoms with Crippen LogP contribution in [-0.4, -0.2) is 30.7 Å². The highest BCUT2D eigenvalue weighted by Crippen LogP contribution is 2.37. The van der Waals surface area contributed by atoms with Gasteiger partial charge in [-0.2, -0.15) is 0 Å². The summed E-state index contributed by atoms with van der Waals surface area (Å²) in [5.74, 6) is 1.62. The number of halogens is 4. The van der Waals surface area contributed by atoms with Gasteiger partial charge >= 0.3 is 0 Å². The highest BCUT2D eigenvalue weighted by molar-refractivity contribution is 6.55. The Bertz CT molecular complexity index is 1120.